The number of nitrogens with one attached hydrogen (secondary N) is 2. The number of anilines is 1. The predicted molar refractivity (Wildman–Crippen MR) is 86.6 cm³/mol. The molecular weight excluding hydrogens is 310 g/mol. The third kappa shape index (κ3) is 3.35. The molecule has 3 rings (SSSR count). The van der Waals surface area contributed by atoms with Crippen LogP contribution in [0.25, 0.3) is 11.3 Å². The number of benzene rings is 1. The maximum atomic E-state index is 12.2. The summed E-state index contributed by atoms with van der Waals surface area (Å²) in [6.07, 6.45) is 1.50. The minimum atomic E-state index is -0.482. The lowest BCUT2D eigenvalue weighted by Crippen LogP contribution is -2.10. The van der Waals surface area contributed by atoms with Crippen molar-refractivity contribution < 1.29 is 18.8 Å². The van der Waals surface area contributed by atoms with Crippen molar-refractivity contribution in [3.8, 4) is 11.3 Å². The molecule has 1 amide bonds. The molecule has 24 heavy (non-hydrogen) atoms. The van der Waals surface area contributed by atoms with Crippen LogP contribution >= 0.6 is 0 Å². The Kier molecular flexibility index (Phi) is 4.42. The van der Waals surface area contributed by atoms with Crippen molar-refractivity contribution in [2.75, 3.05) is 11.9 Å². The molecule has 0 saturated heterocycles. The monoisotopic (exact) mass is 325 g/mol. The Bertz CT molecular complexity index is 852. The minimum Gasteiger partial charge on any atom is -0.461 e. The van der Waals surface area contributed by atoms with Crippen LogP contribution in [0.2, 0.25) is 0 Å². The number of aromatic nitrogens is 2. The van der Waals surface area contributed by atoms with E-state index in [0.29, 0.717) is 11.4 Å². The Morgan fingerprint density at radius 1 is 1.25 bits per heavy atom. The van der Waals surface area contributed by atoms with E-state index in [4.69, 9.17) is 9.26 Å². The van der Waals surface area contributed by atoms with Crippen molar-refractivity contribution in [1.82, 2.24) is 10.1 Å². The molecule has 0 radical (unpaired) electrons. The number of aromatic amines is 1. The normalized spacial score (nSPS) is 10.4. The second-order valence-corrected chi connectivity index (χ2v) is 4.92. The summed E-state index contributed by atoms with van der Waals surface area (Å²) in [5, 5.41) is 6.52. The van der Waals surface area contributed by atoms with Crippen molar-refractivity contribution >= 4 is 17.6 Å². The van der Waals surface area contributed by atoms with Gasteiger partial charge in [-0.1, -0.05) is 35.5 Å². The quantitative estimate of drug-likeness (QED) is 0.703. The third-order valence-corrected chi connectivity index (χ3v) is 3.24. The largest absolute Gasteiger partial charge is 0.461 e. The van der Waals surface area contributed by atoms with Gasteiger partial charge in [-0.2, -0.15) is 0 Å². The average molecular weight is 325 g/mol. The molecule has 0 atom stereocenters. The van der Waals surface area contributed by atoms with E-state index in [2.05, 4.69) is 15.5 Å². The van der Waals surface area contributed by atoms with Crippen LogP contribution in [-0.4, -0.2) is 28.6 Å². The first-order valence-electron chi connectivity index (χ1n) is 7.36. The number of hydrogen-bond donors (Lipinski definition) is 2. The van der Waals surface area contributed by atoms with Gasteiger partial charge in [0.15, 0.2) is 0 Å². The van der Waals surface area contributed by atoms with Crippen LogP contribution in [0.15, 0.2) is 53.2 Å². The molecule has 122 valence electrons. The molecule has 0 bridgehead atoms. The van der Waals surface area contributed by atoms with E-state index in [1.54, 1.807) is 13.0 Å². The maximum absolute atomic E-state index is 12.2. The zero-order valence-corrected chi connectivity index (χ0v) is 12.9. The highest BCUT2D eigenvalue weighted by Gasteiger charge is 2.16. The number of esters is 1. The van der Waals surface area contributed by atoms with Gasteiger partial charge in [0.2, 0.25) is 5.76 Å². The van der Waals surface area contributed by atoms with E-state index in [1.807, 2.05) is 30.3 Å². The summed E-state index contributed by atoms with van der Waals surface area (Å²) in [4.78, 5) is 26.5. The van der Waals surface area contributed by atoms with Gasteiger partial charge in [0, 0.05) is 17.8 Å². The highest BCUT2D eigenvalue weighted by atomic mass is 16.5. The Hall–Kier alpha value is -3.35. The molecule has 2 heterocycles. The van der Waals surface area contributed by atoms with Crippen LogP contribution in [-0.2, 0) is 4.74 Å². The number of H-pyrrole nitrogens is 1. The van der Waals surface area contributed by atoms with Crippen LogP contribution in [0, 0.1) is 0 Å². The van der Waals surface area contributed by atoms with Gasteiger partial charge in [-0.15, -0.1) is 0 Å². The summed E-state index contributed by atoms with van der Waals surface area (Å²) in [5.41, 5.74) is 2.11. The summed E-state index contributed by atoms with van der Waals surface area (Å²) in [5.74, 6) is -0.865. The molecule has 1 aromatic carbocycles. The lowest BCUT2D eigenvalue weighted by atomic mass is 10.1. The summed E-state index contributed by atoms with van der Waals surface area (Å²) in [6.45, 7) is 2.00. The number of carbonyl (C=O) groups is 2. The molecule has 0 spiro atoms. The van der Waals surface area contributed by atoms with Crippen LogP contribution in [0.3, 0.4) is 0 Å². The molecule has 2 aromatic heterocycles. The zero-order valence-electron chi connectivity index (χ0n) is 12.9. The molecule has 0 fully saturated rings. The molecule has 0 aliphatic heterocycles. The second-order valence-electron chi connectivity index (χ2n) is 4.92. The van der Waals surface area contributed by atoms with Gasteiger partial charge in [-0.05, 0) is 13.0 Å². The summed E-state index contributed by atoms with van der Waals surface area (Å²) >= 11 is 0. The Morgan fingerprint density at radius 3 is 2.79 bits per heavy atom. The van der Waals surface area contributed by atoms with Crippen LogP contribution < -0.4 is 5.32 Å². The molecule has 7 heteroatoms. The molecule has 0 saturated carbocycles. The standard InChI is InChI=1S/C17H15N3O4/c1-2-23-17(22)14-8-12(10-18-14)19-16(21)15-9-13(20-24-15)11-6-4-3-5-7-11/h3-10,18H,2H2,1H3,(H,19,21). The average Bonchev–Trinajstić information content (AvgIpc) is 3.25. The Morgan fingerprint density at radius 2 is 2.04 bits per heavy atom. The van der Waals surface area contributed by atoms with Crippen molar-refractivity contribution in [2.45, 2.75) is 6.92 Å². The highest BCUT2D eigenvalue weighted by Crippen LogP contribution is 2.19. The van der Waals surface area contributed by atoms with Crippen molar-refractivity contribution in [2.24, 2.45) is 0 Å². The van der Waals surface area contributed by atoms with E-state index < -0.39 is 11.9 Å². The van der Waals surface area contributed by atoms with E-state index in [0.717, 1.165) is 5.56 Å². The number of hydrogen-bond acceptors (Lipinski definition) is 5. The molecule has 0 aliphatic carbocycles. The number of ether oxygens (including phenoxy) is 1. The van der Waals surface area contributed by atoms with Gasteiger partial charge < -0.3 is 19.6 Å². The van der Waals surface area contributed by atoms with Gasteiger partial charge in [-0.3, -0.25) is 4.79 Å². The molecule has 0 unspecified atom stereocenters. The maximum Gasteiger partial charge on any atom is 0.354 e. The van der Waals surface area contributed by atoms with Gasteiger partial charge in [0.1, 0.15) is 11.4 Å². The van der Waals surface area contributed by atoms with Crippen molar-refractivity contribution in [3.63, 3.8) is 0 Å². The first kappa shape index (κ1) is 15.5. The van der Waals surface area contributed by atoms with Crippen molar-refractivity contribution in [3.05, 3.63) is 60.1 Å². The Labute approximate surface area is 137 Å². The lowest BCUT2D eigenvalue weighted by molar-refractivity contribution is 0.0520. The van der Waals surface area contributed by atoms with E-state index >= 15 is 0 Å². The van der Waals surface area contributed by atoms with Crippen LogP contribution in [0.5, 0.6) is 0 Å². The number of carbonyl (C=O) groups excluding carboxylic acids is 2. The van der Waals surface area contributed by atoms with Gasteiger partial charge in [0.25, 0.3) is 5.91 Å². The highest BCUT2D eigenvalue weighted by molar-refractivity contribution is 6.03. The smallest absolute Gasteiger partial charge is 0.354 e. The number of nitrogens with zero attached hydrogens (tertiary/aromatic N) is 1. The predicted octanol–water partition coefficient (Wildman–Crippen LogP) is 3.10. The molecule has 2 N–H and O–H groups in total. The number of rotatable bonds is 5. The summed E-state index contributed by atoms with van der Waals surface area (Å²) in [6, 6.07) is 12.4. The lowest BCUT2D eigenvalue weighted by Gasteiger charge is -1.98. The fourth-order valence-corrected chi connectivity index (χ4v) is 2.11. The SMILES string of the molecule is CCOC(=O)c1cc(NC(=O)c2cc(-c3ccccc3)no2)c[nH]1. The molecular formula is C17H15N3O4. The topological polar surface area (TPSA) is 97.2 Å². The van der Waals surface area contributed by atoms with Gasteiger partial charge in [0.05, 0.1) is 12.3 Å². The van der Waals surface area contributed by atoms with Crippen LogP contribution in [0.4, 0.5) is 5.69 Å². The summed E-state index contributed by atoms with van der Waals surface area (Å²) < 4.78 is 9.95. The first-order valence-corrected chi connectivity index (χ1v) is 7.36. The van der Waals surface area contributed by atoms with Gasteiger partial charge in [-0.25, -0.2) is 4.79 Å². The fourth-order valence-electron chi connectivity index (χ4n) is 2.11. The molecule has 7 nitrogen and oxygen atoms in total. The van der Waals surface area contributed by atoms with Crippen molar-refractivity contribution in [1.29, 1.82) is 0 Å². The van der Waals surface area contributed by atoms with E-state index in [9.17, 15) is 9.59 Å². The first-order chi connectivity index (χ1) is 11.7. The van der Waals surface area contributed by atoms with E-state index in [1.165, 1.54) is 12.3 Å². The molecule has 3 aromatic rings. The Balaban J connectivity index is 1.70. The zero-order chi connectivity index (χ0) is 16.9. The van der Waals surface area contributed by atoms with E-state index in [-0.39, 0.29) is 18.1 Å². The fraction of sp³-hybridized carbons (Fsp3) is 0.118. The van der Waals surface area contributed by atoms with Crippen LogP contribution in [0.1, 0.15) is 28.0 Å². The third-order valence-electron chi connectivity index (χ3n) is 3.24. The second kappa shape index (κ2) is 6.82. The summed E-state index contributed by atoms with van der Waals surface area (Å²) in [7, 11) is 0. The van der Waals surface area contributed by atoms with Gasteiger partial charge >= 0.3 is 5.97 Å². The minimum absolute atomic E-state index is 0.0766. The number of amides is 1. The molecule has 0 aliphatic rings.